The molecule has 2 rings (SSSR count). The molecule has 1 aliphatic heterocycles. The zero-order valence-electron chi connectivity index (χ0n) is 12.4. The smallest absolute Gasteiger partial charge is 0.224 e. The molecule has 0 bridgehead atoms. The Balaban J connectivity index is 0.00000200. The number of rotatable bonds is 5. The van der Waals surface area contributed by atoms with E-state index in [1.54, 1.807) is 0 Å². The average Bonchev–Trinajstić information content (AvgIpc) is 2.66. The maximum Gasteiger partial charge on any atom is 0.224 e. The fourth-order valence-corrected chi connectivity index (χ4v) is 2.31. The van der Waals surface area contributed by atoms with Gasteiger partial charge in [-0.2, -0.15) is 0 Å². The topological polar surface area (TPSA) is 85.8 Å². The Morgan fingerprint density at radius 1 is 1.33 bits per heavy atom. The van der Waals surface area contributed by atoms with Crippen LogP contribution in [0.25, 0.3) is 0 Å². The summed E-state index contributed by atoms with van der Waals surface area (Å²) in [7, 11) is 0. The third kappa shape index (κ3) is 5.45. The van der Waals surface area contributed by atoms with E-state index in [-0.39, 0.29) is 36.6 Å². The summed E-state index contributed by atoms with van der Waals surface area (Å²) < 4.78 is 2.21. The van der Waals surface area contributed by atoms with Crippen LogP contribution in [-0.2, 0) is 24.2 Å². The van der Waals surface area contributed by atoms with Gasteiger partial charge in [0.05, 0.1) is 0 Å². The van der Waals surface area contributed by atoms with Gasteiger partial charge in [0.2, 0.25) is 5.91 Å². The van der Waals surface area contributed by atoms with Crippen LogP contribution >= 0.6 is 24.8 Å². The third-order valence-electron chi connectivity index (χ3n) is 3.64. The van der Waals surface area contributed by atoms with E-state index in [0.29, 0.717) is 13.1 Å². The van der Waals surface area contributed by atoms with Crippen LogP contribution in [0.2, 0.25) is 0 Å². The second kappa shape index (κ2) is 9.97. The quantitative estimate of drug-likeness (QED) is 0.842. The number of carbonyl (C=O) groups excluding carboxylic acids is 1. The molecule has 1 aromatic rings. The number of carbonyl (C=O) groups is 1. The summed E-state index contributed by atoms with van der Waals surface area (Å²) in [6.07, 6.45) is 5.39. The van der Waals surface area contributed by atoms with E-state index in [1.165, 1.54) is 19.3 Å². The minimum Gasteiger partial charge on any atom is -0.355 e. The van der Waals surface area contributed by atoms with Crippen molar-refractivity contribution in [3.05, 3.63) is 11.6 Å². The molecule has 1 unspecified atom stereocenters. The predicted octanol–water partition coefficient (Wildman–Crippen LogP) is 1.10. The monoisotopic (exact) mass is 337 g/mol. The predicted molar refractivity (Wildman–Crippen MR) is 87.0 cm³/mol. The highest BCUT2D eigenvalue weighted by Gasteiger charge is 2.15. The molecule has 8 heteroatoms. The molecule has 6 nitrogen and oxygen atoms in total. The molecule has 3 N–H and O–H groups in total. The van der Waals surface area contributed by atoms with E-state index in [1.807, 2.05) is 6.92 Å². The zero-order chi connectivity index (χ0) is 13.7. The molecule has 0 spiro atoms. The first kappa shape index (κ1) is 20.1. The van der Waals surface area contributed by atoms with Crippen molar-refractivity contribution in [3.8, 4) is 0 Å². The summed E-state index contributed by atoms with van der Waals surface area (Å²) in [6, 6.07) is 0. The van der Waals surface area contributed by atoms with Crippen molar-refractivity contribution < 1.29 is 4.79 Å². The molecule has 0 aliphatic carbocycles. The van der Waals surface area contributed by atoms with Crippen LogP contribution < -0.4 is 11.1 Å². The van der Waals surface area contributed by atoms with Crippen molar-refractivity contribution in [2.45, 2.75) is 45.6 Å². The summed E-state index contributed by atoms with van der Waals surface area (Å²) in [5, 5.41) is 11.4. The number of fused-ring (bicyclic) bond motifs is 1. The van der Waals surface area contributed by atoms with Crippen molar-refractivity contribution in [2.75, 3.05) is 13.1 Å². The normalized spacial score (nSPS) is 15.0. The van der Waals surface area contributed by atoms with Gasteiger partial charge in [-0.25, -0.2) is 0 Å². The number of aromatic nitrogens is 3. The maximum atomic E-state index is 11.6. The number of halogens is 2. The van der Waals surface area contributed by atoms with Crippen LogP contribution in [0.1, 0.15) is 37.8 Å². The van der Waals surface area contributed by atoms with Crippen LogP contribution in [0.15, 0.2) is 0 Å². The summed E-state index contributed by atoms with van der Waals surface area (Å²) in [6.45, 7) is 3.82. The Morgan fingerprint density at radius 2 is 2.10 bits per heavy atom. The van der Waals surface area contributed by atoms with Gasteiger partial charge in [-0.15, -0.1) is 35.0 Å². The van der Waals surface area contributed by atoms with Gasteiger partial charge in [0.1, 0.15) is 11.6 Å². The van der Waals surface area contributed by atoms with Gasteiger partial charge in [0.25, 0.3) is 0 Å². The van der Waals surface area contributed by atoms with Crippen LogP contribution in [-0.4, -0.2) is 33.8 Å². The van der Waals surface area contributed by atoms with Gasteiger partial charge in [0, 0.05) is 38.4 Å². The lowest BCUT2D eigenvalue weighted by atomic mass is 10.2. The lowest BCUT2D eigenvalue weighted by Gasteiger charge is -2.10. The summed E-state index contributed by atoms with van der Waals surface area (Å²) in [5.41, 5.74) is 5.46. The Bertz CT molecular complexity index is 438. The molecular formula is C13H25Cl2N5O. The summed E-state index contributed by atoms with van der Waals surface area (Å²) >= 11 is 0. The molecule has 1 amide bonds. The largest absolute Gasteiger partial charge is 0.355 e. The van der Waals surface area contributed by atoms with Gasteiger partial charge in [0.15, 0.2) is 0 Å². The minimum absolute atomic E-state index is 0. The summed E-state index contributed by atoms with van der Waals surface area (Å²) in [5.74, 6) is 1.96. The Labute approximate surface area is 138 Å². The SMILES string of the molecule is CC(CN)C(=O)NCCc1nnc2n1CCCCC2.Cl.Cl. The Morgan fingerprint density at radius 3 is 2.81 bits per heavy atom. The molecule has 122 valence electrons. The fourth-order valence-electron chi connectivity index (χ4n) is 2.31. The van der Waals surface area contributed by atoms with Crippen molar-refractivity contribution in [3.63, 3.8) is 0 Å². The number of nitrogens with zero attached hydrogens (tertiary/aromatic N) is 3. The Hall–Kier alpha value is -0.850. The minimum atomic E-state index is -0.129. The van der Waals surface area contributed by atoms with E-state index < -0.39 is 0 Å². The first-order chi connectivity index (χ1) is 9.22. The van der Waals surface area contributed by atoms with E-state index in [2.05, 4.69) is 20.1 Å². The second-order valence-electron chi connectivity index (χ2n) is 5.17. The molecule has 0 saturated carbocycles. The molecule has 0 fully saturated rings. The highest BCUT2D eigenvalue weighted by molar-refractivity contribution is 5.85. The second-order valence-corrected chi connectivity index (χ2v) is 5.17. The lowest BCUT2D eigenvalue weighted by molar-refractivity contribution is -0.124. The highest BCUT2D eigenvalue weighted by Crippen LogP contribution is 2.14. The van der Waals surface area contributed by atoms with Crippen molar-refractivity contribution in [1.82, 2.24) is 20.1 Å². The zero-order valence-corrected chi connectivity index (χ0v) is 14.0. The molecule has 0 aromatic carbocycles. The maximum absolute atomic E-state index is 11.6. The van der Waals surface area contributed by atoms with Crippen molar-refractivity contribution in [1.29, 1.82) is 0 Å². The Kier molecular flexibility index (Phi) is 9.57. The number of aryl methyl sites for hydroxylation is 1. The molecule has 21 heavy (non-hydrogen) atoms. The van der Waals surface area contributed by atoms with Crippen LogP contribution in [0, 0.1) is 5.92 Å². The van der Waals surface area contributed by atoms with E-state index >= 15 is 0 Å². The molecule has 1 aromatic heterocycles. The van der Waals surface area contributed by atoms with Crippen LogP contribution in [0.4, 0.5) is 0 Å². The fraction of sp³-hybridized carbons (Fsp3) is 0.769. The van der Waals surface area contributed by atoms with Gasteiger partial charge in [-0.05, 0) is 12.8 Å². The third-order valence-corrected chi connectivity index (χ3v) is 3.64. The number of nitrogens with one attached hydrogen (secondary N) is 1. The number of hydrogen-bond acceptors (Lipinski definition) is 4. The van der Waals surface area contributed by atoms with E-state index in [0.717, 1.165) is 31.0 Å². The van der Waals surface area contributed by atoms with Crippen molar-refractivity contribution in [2.24, 2.45) is 11.7 Å². The lowest BCUT2D eigenvalue weighted by Crippen LogP contribution is -2.34. The first-order valence-electron chi connectivity index (χ1n) is 7.11. The van der Waals surface area contributed by atoms with E-state index in [4.69, 9.17) is 5.73 Å². The van der Waals surface area contributed by atoms with Gasteiger partial charge in [-0.3, -0.25) is 4.79 Å². The highest BCUT2D eigenvalue weighted by atomic mass is 35.5. The van der Waals surface area contributed by atoms with Gasteiger partial charge >= 0.3 is 0 Å². The summed E-state index contributed by atoms with van der Waals surface area (Å²) in [4.78, 5) is 11.6. The number of hydrogen-bond donors (Lipinski definition) is 2. The molecule has 1 atom stereocenters. The van der Waals surface area contributed by atoms with Crippen LogP contribution in [0.3, 0.4) is 0 Å². The van der Waals surface area contributed by atoms with Crippen LogP contribution in [0.5, 0.6) is 0 Å². The number of amides is 1. The molecule has 1 aliphatic rings. The molecule has 0 saturated heterocycles. The molecule has 0 radical (unpaired) electrons. The first-order valence-corrected chi connectivity index (χ1v) is 7.11. The molecular weight excluding hydrogens is 313 g/mol. The number of nitrogens with two attached hydrogens (primary N) is 1. The standard InChI is InChI=1S/C13H23N5O.2ClH/c1-10(9-14)13(19)15-7-6-12-17-16-11-5-3-2-4-8-18(11)12;;/h10H,2-9,14H2,1H3,(H,15,19);2*1H. The van der Waals surface area contributed by atoms with Crippen molar-refractivity contribution >= 4 is 30.7 Å². The van der Waals surface area contributed by atoms with Gasteiger partial charge < -0.3 is 15.6 Å². The van der Waals surface area contributed by atoms with Gasteiger partial charge in [-0.1, -0.05) is 13.3 Å². The molecule has 2 heterocycles. The average molecular weight is 338 g/mol. The van der Waals surface area contributed by atoms with E-state index in [9.17, 15) is 4.79 Å².